The molecule has 0 saturated carbocycles. The van der Waals surface area contributed by atoms with E-state index in [9.17, 15) is 4.79 Å². The van der Waals surface area contributed by atoms with E-state index in [1.807, 2.05) is 55.5 Å². The molecule has 3 aromatic rings. The van der Waals surface area contributed by atoms with E-state index in [1.165, 1.54) is 11.1 Å². The molecule has 0 aliphatic carbocycles. The van der Waals surface area contributed by atoms with Crippen molar-refractivity contribution in [3.63, 3.8) is 0 Å². The molecule has 2 aromatic carbocycles. The van der Waals surface area contributed by atoms with Crippen LogP contribution in [0.3, 0.4) is 0 Å². The van der Waals surface area contributed by atoms with Crippen LogP contribution in [-0.2, 0) is 6.54 Å². The zero-order chi connectivity index (χ0) is 17.6. The van der Waals surface area contributed by atoms with Crippen molar-refractivity contribution < 1.29 is 4.79 Å². The number of hydrogen-bond acceptors (Lipinski definition) is 3. The lowest BCUT2D eigenvalue weighted by atomic mass is 10.1. The highest BCUT2D eigenvalue weighted by Gasteiger charge is 2.08. The molecule has 126 valence electrons. The topological polar surface area (TPSA) is 54.0 Å². The van der Waals surface area contributed by atoms with Crippen LogP contribution in [0.4, 0.5) is 11.5 Å². The fourth-order valence-corrected chi connectivity index (χ4v) is 2.59. The Morgan fingerprint density at radius 1 is 0.920 bits per heavy atom. The van der Waals surface area contributed by atoms with Crippen LogP contribution in [0.25, 0.3) is 0 Å². The highest BCUT2D eigenvalue weighted by molar-refractivity contribution is 6.05. The van der Waals surface area contributed by atoms with Crippen LogP contribution in [0.5, 0.6) is 0 Å². The molecule has 0 spiro atoms. The van der Waals surface area contributed by atoms with E-state index in [2.05, 4.69) is 34.7 Å². The largest absolute Gasteiger partial charge is 0.366 e. The van der Waals surface area contributed by atoms with Crippen molar-refractivity contribution in [1.82, 2.24) is 4.98 Å². The maximum Gasteiger partial charge on any atom is 0.255 e. The molecule has 4 heteroatoms. The number of benzene rings is 2. The lowest BCUT2D eigenvalue weighted by Gasteiger charge is -2.10. The maximum absolute atomic E-state index is 12.3. The van der Waals surface area contributed by atoms with Gasteiger partial charge in [0.15, 0.2) is 0 Å². The van der Waals surface area contributed by atoms with Crippen molar-refractivity contribution in [2.24, 2.45) is 0 Å². The van der Waals surface area contributed by atoms with Crippen LogP contribution in [0.1, 0.15) is 27.0 Å². The molecule has 0 bridgehead atoms. The van der Waals surface area contributed by atoms with Crippen LogP contribution in [0.2, 0.25) is 0 Å². The number of rotatable bonds is 5. The molecule has 0 unspecified atom stereocenters. The highest BCUT2D eigenvalue weighted by Crippen LogP contribution is 2.15. The summed E-state index contributed by atoms with van der Waals surface area (Å²) in [6.45, 7) is 4.73. The molecule has 3 rings (SSSR count). The number of pyridine rings is 1. The number of nitrogens with zero attached hydrogens (tertiary/aromatic N) is 1. The van der Waals surface area contributed by atoms with Gasteiger partial charge in [0.05, 0.1) is 11.9 Å². The van der Waals surface area contributed by atoms with Gasteiger partial charge >= 0.3 is 0 Å². The Morgan fingerprint density at radius 2 is 1.64 bits per heavy atom. The normalized spacial score (nSPS) is 10.3. The number of aryl methyl sites for hydroxylation is 2. The van der Waals surface area contributed by atoms with E-state index in [1.54, 1.807) is 6.20 Å². The first-order valence-corrected chi connectivity index (χ1v) is 8.25. The summed E-state index contributed by atoms with van der Waals surface area (Å²) in [5.41, 5.74) is 4.78. The maximum atomic E-state index is 12.3. The third-order valence-electron chi connectivity index (χ3n) is 4.13. The number of nitrogens with one attached hydrogen (secondary N) is 2. The van der Waals surface area contributed by atoms with Crippen molar-refractivity contribution >= 4 is 17.4 Å². The molecule has 0 fully saturated rings. The van der Waals surface area contributed by atoms with Crippen LogP contribution in [-0.4, -0.2) is 10.9 Å². The summed E-state index contributed by atoms with van der Waals surface area (Å²) in [7, 11) is 0. The number of hydrogen-bond donors (Lipinski definition) is 2. The van der Waals surface area contributed by atoms with Crippen molar-refractivity contribution in [1.29, 1.82) is 0 Å². The predicted octanol–water partition coefficient (Wildman–Crippen LogP) is 4.56. The number of anilines is 2. The fourth-order valence-electron chi connectivity index (χ4n) is 2.59. The molecule has 0 aliphatic rings. The van der Waals surface area contributed by atoms with E-state index in [0.717, 1.165) is 11.4 Å². The van der Waals surface area contributed by atoms with Gasteiger partial charge in [0.1, 0.15) is 5.82 Å². The summed E-state index contributed by atoms with van der Waals surface area (Å²) >= 11 is 0. The Morgan fingerprint density at radius 3 is 2.32 bits per heavy atom. The second-order valence-electron chi connectivity index (χ2n) is 5.98. The number of carbonyl (C=O) groups is 1. The van der Waals surface area contributed by atoms with Crippen LogP contribution < -0.4 is 10.6 Å². The van der Waals surface area contributed by atoms with Gasteiger partial charge in [0, 0.05) is 12.1 Å². The Hall–Kier alpha value is -3.14. The Balaban J connectivity index is 1.62. The second kappa shape index (κ2) is 7.62. The molecular weight excluding hydrogens is 310 g/mol. The number of aromatic nitrogens is 1. The molecule has 1 amide bonds. The molecule has 0 atom stereocenters. The van der Waals surface area contributed by atoms with Gasteiger partial charge in [-0.15, -0.1) is 0 Å². The van der Waals surface area contributed by atoms with E-state index in [0.29, 0.717) is 17.8 Å². The zero-order valence-electron chi connectivity index (χ0n) is 14.4. The minimum Gasteiger partial charge on any atom is -0.366 e. The fraction of sp³-hybridized carbons (Fsp3) is 0.143. The van der Waals surface area contributed by atoms with Crippen LogP contribution >= 0.6 is 0 Å². The minimum absolute atomic E-state index is 0.125. The molecule has 0 aliphatic heterocycles. The summed E-state index contributed by atoms with van der Waals surface area (Å²) in [5, 5.41) is 6.18. The van der Waals surface area contributed by atoms with Gasteiger partial charge in [0.25, 0.3) is 5.91 Å². The molecule has 0 radical (unpaired) electrons. The minimum atomic E-state index is -0.125. The highest BCUT2D eigenvalue weighted by atomic mass is 16.1. The molecule has 4 nitrogen and oxygen atoms in total. The predicted molar refractivity (Wildman–Crippen MR) is 102 cm³/mol. The van der Waals surface area contributed by atoms with E-state index in [4.69, 9.17) is 0 Å². The van der Waals surface area contributed by atoms with Gasteiger partial charge in [0.2, 0.25) is 0 Å². The molecule has 2 N–H and O–H groups in total. The van der Waals surface area contributed by atoms with Crippen molar-refractivity contribution in [2.75, 3.05) is 10.6 Å². The smallest absolute Gasteiger partial charge is 0.255 e. The lowest BCUT2D eigenvalue weighted by Crippen LogP contribution is -2.13. The summed E-state index contributed by atoms with van der Waals surface area (Å²) in [5.74, 6) is 0.651. The Bertz CT molecular complexity index is 872. The van der Waals surface area contributed by atoms with Gasteiger partial charge < -0.3 is 10.6 Å². The first-order valence-electron chi connectivity index (χ1n) is 8.25. The summed E-state index contributed by atoms with van der Waals surface area (Å²) < 4.78 is 0. The first kappa shape index (κ1) is 16.7. The summed E-state index contributed by atoms with van der Waals surface area (Å²) in [4.78, 5) is 16.7. The number of amides is 1. The SMILES string of the molecule is Cc1ccccc1CNc1ccc(NC(=O)c2ccccc2C)cn1. The molecular formula is C21H21N3O. The van der Waals surface area contributed by atoms with Crippen LogP contribution in [0.15, 0.2) is 66.9 Å². The average molecular weight is 331 g/mol. The van der Waals surface area contributed by atoms with Gasteiger partial charge in [-0.3, -0.25) is 4.79 Å². The third-order valence-corrected chi connectivity index (χ3v) is 4.13. The lowest BCUT2D eigenvalue weighted by molar-refractivity contribution is 0.102. The quantitative estimate of drug-likeness (QED) is 0.720. The van der Waals surface area contributed by atoms with E-state index < -0.39 is 0 Å². The van der Waals surface area contributed by atoms with Crippen molar-refractivity contribution in [3.8, 4) is 0 Å². The second-order valence-corrected chi connectivity index (χ2v) is 5.98. The molecule has 1 heterocycles. The van der Waals surface area contributed by atoms with Gasteiger partial charge in [-0.05, 0) is 48.7 Å². The average Bonchev–Trinajstić information content (AvgIpc) is 2.62. The van der Waals surface area contributed by atoms with Crippen molar-refractivity contribution in [2.45, 2.75) is 20.4 Å². The standard InChI is InChI=1S/C21H21N3O/c1-15-7-3-5-9-17(15)13-22-20-12-11-18(14-23-20)24-21(25)19-10-6-4-8-16(19)2/h3-12,14H,13H2,1-2H3,(H,22,23)(H,24,25). The van der Waals surface area contributed by atoms with Gasteiger partial charge in [-0.1, -0.05) is 42.5 Å². The molecule has 0 saturated heterocycles. The van der Waals surface area contributed by atoms with E-state index >= 15 is 0 Å². The van der Waals surface area contributed by atoms with E-state index in [-0.39, 0.29) is 5.91 Å². The summed E-state index contributed by atoms with van der Waals surface area (Å²) in [6, 6.07) is 19.5. The van der Waals surface area contributed by atoms with Crippen LogP contribution in [0, 0.1) is 13.8 Å². The van der Waals surface area contributed by atoms with Gasteiger partial charge in [-0.25, -0.2) is 4.98 Å². The monoisotopic (exact) mass is 331 g/mol. The Kier molecular flexibility index (Phi) is 5.09. The molecule has 1 aromatic heterocycles. The third kappa shape index (κ3) is 4.23. The van der Waals surface area contributed by atoms with Gasteiger partial charge in [-0.2, -0.15) is 0 Å². The first-order chi connectivity index (χ1) is 12.1. The number of carbonyl (C=O) groups excluding carboxylic acids is 1. The zero-order valence-corrected chi connectivity index (χ0v) is 14.4. The Labute approximate surface area is 147 Å². The molecule has 25 heavy (non-hydrogen) atoms. The van der Waals surface area contributed by atoms with Crippen molar-refractivity contribution in [3.05, 3.63) is 89.1 Å². The summed E-state index contributed by atoms with van der Waals surface area (Å²) in [6.07, 6.45) is 1.66.